The molecule has 2 nitrogen and oxygen atoms in total. The molecule has 12 rings (SSSR count). The Morgan fingerprint density at radius 1 is 0.250 bits per heavy atom. The first kappa shape index (κ1) is 31.0. The zero-order valence-corrected chi connectivity index (χ0v) is 30.5. The number of aromatic nitrogens is 2. The van der Waals surface area contributed by atoms with Gasteiger partial charge < -0.3 is 9.13 Å². The van der Waals surface area contributed by atoms with E-state index in [2.05, 4.69) is 215 Å². The minimum Gasteiger partial charge on any atom is -0.309 e. The lowest BCUT2D eigenvalue weighted by molar-refractivity contribution is 1.17. The molecule has 260 valence electrons. The summed E-state index contributed by atoms with van der Waals surface area (Å²) in [5.41, 5.74) is 12.2. The van der Waals surface area contributed by atoms with E-state index in [9.17, 15) is 0 Å². The molecule has 0 atom stereocenters. The molecule has 2 aromatic heterocycles. The molecule has 2 heteroatoms. The third kappa shape index (κ3) is 4.44. The van der Waals surface area contributed by atoms with E-state index in [0.29, 0.717) is 0 Å². The molecule has 0 amide bonds. The second kappa shape index (κ2) is 12.0. The highest BCUT2D eigenvalue weighted by atomic mass is 15.0. The van der Waals surface area contributed by atoms with Gasteiger partial charge in [-0.2, -0.15) is 0 Å². The van der Waals surface area contributed by atoms with Gasteiger partial charge in [-0.25, -0.2) is 0 Å². The van der Waals surface area contributed by atoms with Crippen molar-refractivity contribution in [3.63, 3.8) is 0 Å². The van der Waals surface area contributed by atoms with Crippen LogP contribution in [0.15, 0.2) is 206 Å². The molecule has 0 aliphatic carbocycles. The lowest BCUT2D eigenvalue weighted by atomic mass is 9.84. The van der Waals surface area contributed by atoms with Crippen LogP contribution in [0.5, 0.6) is 0 Å². The molecular weight excluding hydrogens is 677 g/mol. The second-order valence-corrected chi connectivity index (χ2v) is 14.8. The van der Waals surface area contributed by atoms with E-state index in [1.165, 1.54) is 98.2 Å². The molecule has 0 saturated carbocycles. The fraction of sp³-hybridized carbons (Fsp3) is 0. The molecule has 12 aromatic rings. The van der Waals surface area contributed by atoms with Gasteiger partial charge in [-0.15, -0.1) is 0 Å². The number of hydrogen-bond donors (Lipinski definition) is 0. The highest BCUT2D eigenvalue weighted by Crippen LogP contribution is 2.47. The van der Waals surface area contributed by atoms with Crippen molar-refractivity contribution in [3.05, 3.63) is 206 Å². The van der Waals surface area contributed by atoms with Crippen LogP contribution in [0.25, 0.3) is 110 Å². The zero-order chi connectivity index (χ0) is 36.7. The molecule has 0 radical (unpaired) electrons. The van der Waals surface area contributed by atoms with Gasteiger partial charge in [0, 0.05) is 32.9 Å². The van der Waals surface area contributed by atoms with Crippen LogP contribution >= 0.6 is 0 Å². The highest BCUT2D eigenvalue weighted by Gasteiger charge is 2.21. The highest BCUT2D eigenvalue weighted by molar-refractivity contribution is 6.25. The number of nitrogens with zero attached hydrogens (tertiary/aromatic N) is 2. The summed E-state index contributed by atoms with van der Waals surface area (Å²) in [4.78, 5) is 0. The average molecular weight is 711 g/mol. The molecule has 10 aromatic carbocycles. The summed E-state index contributed by atoms with van der Waals surface area (Å²) < 4.78 is 4.89. The van der Waals surface area contributed by atoms with Gasteiger partial charge in [0.1, 0.15) is 0 Å². The monoisotopic (exact) mass is 710 g/mol. The summed E-state index contributed by atoms with van der Waals surface area (Å²) in [6.07, 6.45) is 0. The molecule has 0 bridgehead atoms. The molecule has 0 saturated heterocycles. The predicted octanol–water partition coefficient (Wildman–Crippen LogP) is 14.7. The first-order chi connectivity index (χ1) is 27.8. The smallest absolute Gasteiger partial charge is 0.0548 e. The number of rotatable bonds is 4. The Kier molecular flexibility index (Phi) is 6.66. The largest absolute Gasteiger partial charge is 0.309 e. The van der Waals surface area contributed by atoms with E-state index in [-0.39, 0.29) is 0 Å². The quantitative estimate of drug-likeness (QED) is 0.161. The minimum absolute atomic E-state index is 1.15. The molecule has 56 heavy (non-hydrogen) atoms. The molecular formula is C54H34N2. The van der Waals surface area contributed by atoms with Crippen LogP contribution in [0.1, 0.15) is 0 Å². The minimum atomic E-state index is 1.15. The topological polar surface area (TPSA) is 9.86 Å². The molecule has 0 fully saturated rings. The van der Waals surface area contributed by atoms with Crippen LogP contribution in [-0.4, -0.2) is 9.13 Å². The van der Waals surface area contributed by atoms with Gasteiger partial charge in [0.2, 0.25) is 0 Å². The lowest BCUT2D eigenvalue weighted by Crippen LogP contribution is -1.95. The van der Waals surface area contributed by atoms with Crippen LogP contribution in [0, 0.1) is 0 Å². The Bertz CT molecular complexity index is 3450. The van der Waals surface area contributed by atoms with Crippen LogP contribution in [0.4, 0.5) is 0 Å². The average Bonchev–Trinajstić information content (AvgIpc) is 3.76. The SMILES string of the molecule is c1ccc(-n2c3ccccc3c3cc4c(cc32)c2ccc(-c3c5ccccc5c(-c5cccc6ccccc56)c5ccccc35)cc2n4-c2ccccc2)cc1. The van der Waals surface area contributed by atoms with Crippen molar-refractivity contribution in [1.82, 2.24) is 9.13 Å². The van der Waals surface area contributed by atoms with E-state index < -0.39 is 0 Å². The summed E-state index contributed by atoms with van der Waals surface area (Å²) in [6.45, 7) is 0. The summed E-state index contributed by atoms with van der Waals surface area (Å²) in [5, 5.41) is 12.5. The lowest BCUT2D eigenvalue weighted by Gasteiger charge is -2.19. The first-order valence-electron chi connectivity index (χ1n) is 19.4. The number of para-hydroxylation sites is 3. The molecule has 0 N–H and O–H groups in total. The first-order valence-corrected chi connectivity index (χ1v) is 19.4. The van der Waals surface area contributed by atoms with Crippen molar-refractivity contribution in [2.24, 2.45) is 0 Å². The van der Waals surface area contributed by atoms with E-state index in [0.717, 1.165) is 11.4 Å². The summed E-state index contributed by atoms with van der Waals surface area (Å²) in [7, 11) is 0. The van der Waals surface area contributed by atoms with Crippen molar-refractivity contribution in [2.75, 3.05) is 0 Å². The maximum atomic E-state index is 2.47. The zero-order valence-electron chi connectivity index (χ0n) is 30.5. The Hall–Kier alpha value is -7.42. The number of fused-ring (bicyclic) bond motifs is 9. The van der Waals surface area contributed by atoms with E-state index in [4.69, 9.17) is 0 Å². The number of benzene rings is 10. The standard InChI is InChI=1S/C54H34N2/c1-3-18-37(19-4-1)55-49-29-14-13-23-40(49)47-33-52-48(34-51(47)55)41-31-30-36(32-50(41)56(52)38-20-5-2-6-21-38)53-43-24-9-11-26-45(43)54(46-27-12-10-25-44(46)53)42-28-15-17-35-16-7-8-22-39(35)42/h1-34H. The van der Waals surface area contributed by atoms with Gasteiger partial charge in [0.15, 0.2) is 0 Å². The van der Waals surface area contributed by atoms with Gasteiger partial charge >= 0.3 is 0 Å². The van der Waals surface area contributed by atoms with Gasteiger partial charge in [0.25, 0.3) is 0 Å². The maximum Gasteiger partial charge on any atom is 0.0548 e. The van der Waals surface area contributed by atoms with Crippen molar-refractivity contribution in [2.45, 2.75) is 0 Å². The van der Waals surface area contributed by atoms with Crippen LogP contribution in [-0.2, 0) is 0 Å². The van der Waals surface area contributed by atoms with Gasteiger partial charge in [-0.05, 0) is 103 Å². The Labute approximate surface area is 323 Å². The van der Waals surface area contributed by atoms with E-state index >= 15 is 0 Å². The van der Waals surface area contributed by atoms with Crippen LogP contribution in [0.2, 0.25) is 0 Å². The molecule has 2 heterocycles. The van der Waals surface area contributed by atoms with Crippen molar-refractivity contribution < 1.29 is 0 Å². The number of hydrogen-bond acceptors (Lipinski definition) is 0. The predicted molar refractivity (Wildman–Crippen MR) is 239 cm³/mol. The fourth-order valence-corrected chi connectivity index (χ4v) is 9.52. The van der Waals surface area contributed by atoms with Gasteiger partial charge in [0.05, 0.1) is 22.1 Å². The van der Waals surface area contributed by atoms with Crippen molar-refractivity contribution >= 4 is 75.9 Å². The molecule has 0 aliphatic heterocycles. The Morgan fingerprint density at radius 3 is 1.32 bits per heavy atom. The van der Waals surface area contributed by atoms with E-state index in [1.807, 2.05) is 0 Å². The third-order valence-corrected chi connectivity index (χ3v) is 11.9. The normalized spacial score (nSPS) is 11.9. The molecule has 0 spiro atoms. The summed E-state index contributed by atoms with van der Waals surface area (Å²) >= 11 is 0. The fourth-order valence-electron chi connectivity index (χ4n) is 9.52. The van der Waals surface area contributed by atoms with Gasteiger partial charge in [-0.1, -0.05) is 158 Å². The second-order valence-electron chi connectivity index (χ2n) is 14.8. The maximum absolute atomic E-state index is 2.47. The third-order valence-electron chi connectivity index (χ3n) is 11.9. The molecule has 0 aliphatic rings. The van der Waals surface area contributed by atoms with Gasteiger partial charge in [-0.3, -0.25) is 0 Å². The summed E-state index contributed by atoms with van der Waals surface area (Å²) in [5.74, 6) is 0. The molecule has 0 unspecified atom stereocenters. The van der Waals surface area contributed by atoms with Crippen LogP contribution < -0.4 is 0 Å². The summed E-state index contributed by atoms with van der Waals surface area (Å²) in [6, 6.07) is 75.8. The van der Waals surface area contributed by atoms with Crippen molar-refractivity contribution in [3.8, 4) is 33.6 Å². The Balaban J connectivity index is 1.18. The van der Waals surface area contributed by atoms with Crippen LogP contribution in [0.3, 0.4) is 0 Å². The van der Waals surface area contributed by atoms with Crippen molar-refractivity contribution in [1.29, 1.82) is 0 Å². The van der Waals surface area contributed by atoms with E-state index in [1.54, 1.807) is 0 Å². The Morgan fingerprint density at radius 2 is 0.696 bits per heavy atom.